The molecule has 0 saturated carbocycles. The molecule has 0 bridgehead atoms. The van der Waals surface area contributed by atoms with Crippen molar-refractivity contribution in [3.05, 3.63) is 21.4 Å². The largest absolute Gasteiger partial charge is 0.396 e. The highest BCUT2D eigenvalue weighted by atomic mass is 32.2. The fourth-order valence-corrected chi connectivity index (χ4v) is 4.19. The second kappa shape index (κ2) is 7.92. The minimum atomic E-state index is 0.0853. The van der Waals surface area contributed by atoms with Gasteiger partial charge < -0.3 is 10.4 Å². The number of nitrogens with one attached hydrogen (secondary N) is 1. The number of aliphatic hydroxyl groups excluding tert-OH is 1. The first-order chi connectivity index (χ1) is 9.33. The Hall–Kier alpha value is -0.520. The summed E-state index contributed by atoms with van der Waals surface area (Å²) in [7, 11) is 0. The van der Waals surface area contributed by atoms with E-state index in [2.05, 4.69) is 5.32 Å². The van der Waals surface area contributed by atoms with E-state index in [1.54, 1.807) is 23.1 Å². The maximum Gasteiger partial charge on any atom is 0.252 e. The number of hydrogen-bond donors (Lipinski definition) is 2. The third-order valence-corrected chi connectivity index (χ3v) is 5.44. The summed E-state index contributed by atoms with van der Waals surface area (Å²) in [5.74, 6) is 1.96. The molecule has 0 aromatic carbocycles. The van der Waals surface area contributed by atoms with Crippen LogP contribution in [0.3, 0.4) is 0 Å². The Morgan fingerprint density at radius 1 is 1.37 bits per heavy atom. The highest BCUT2D eigenvalue weighted by Gasteiger charge is 2.19. The van der Waals surface area contributed by atoms with Gasteiger partial charge in [0.05, 0.1) is 5.56 Å². The molecule has 1 aromatic heterocycles. The summed E-state index contributed by atoms with van der Waals surface area (Å²) in [5, 5.41) is 13.7. The molecule has 0 spiro atoms. The van der Waals surface area contributed by atoms with Crippen LogP contribution in [-0.2, 0) is 12.8 Å². The Morgan fingerprint density at radius 2 is 2.21 bits per heavy atom. The first-order valence-corrected chi connectivity index (χ1v) is 8.92. The van der Waals surface area contributed by atoms with E-state index >= 15 is 0 Å². The van der Waals surface area contributed by atoms with Crippen LogP contribution in [0.15, 0.2) is 5.38 Å². The minimum absolute atomic E-state index is 0.0853. The average molecular weight is 299 g/mol. The van der Waals surface area contributed by atoms with Gasteiger partial charge >= 0.3 is 0 Å². The van der Waals surface area contributed by atoms with E-state index in [1.165, 1.54) is 23.3 Å². The van der Waals surface area contributed by atoms with Crippen molar-refractivity contribution in [1.29, 1.82) is 0 Å². The van der Waals surface area contributed by atoms with E-state index in [0.717, 1.165) is 36.3 Å². The van der Waals surface area contributed by atoms with E-state index in [9.17, 15) is 4.79 Å². The Bertz CT molecular complexity index is 418. The number of hydrogen-bond acceptors (Lipinski definition) is 4. The van der Waals surface area contributed by atoms with Crippen molar-refractivity contribution in [1.82, 2.24) is 5.32 Å². The molecular formula is C14H21NO2S2. The lowest BCUT2D eigenvalue weighted by molar-refractivity contribution is 0.0955. The third-order valence-electron chi connectivity index (χ3n) is 3.28. The van der Waals surface area contributed by atoms with Crippen LogP contribution < -0.4 is 5.32 Å². The molecule has 0 fully saturated rings. The highest BCUT2D eigenvalue weighted by molar-refractivity contribution is 7.99. The number of thiophene rings is 1. The molecule has 0 atom stereocenters. The molecule has 1 amide bonds. The summed E-state index contributed by atoms with van der Waals surface area (Å²) in [5.41, 5.74) is 2.20. The van der Waals surface area contributed by atoms with Crippen LogP contribution in [0, 0.1) is 0 Å². The van der Waals surface area contributed by atoms with Crippen LogP contribution in [0.25, 0.3) is 0 Å². The van der Waals surface area contributed by atoms with Crippen LogP contribution in [0.4, 0.5) is 0 Å². The summed E-state index contributed by atoms with van der Waals surface area (Å²) in [6, 6.07) is 0. The Labute approximate surface area is 122 Å². The van der Waals surface area contributed by atoms with Gasteiger partial charge in [-0.3, -0.25) is 4.79 Å². The summed E-state index contributed by atoms with van der Waals surface area (Å²) in [6.07, 6.45) is 5.50. The van der Waals surface area contributed by atoms with E-state index in [1.807, 2.05) is 5.38 Å². The second-order valence-electron chi connectivity index (χ2n) is 4.70. The standard InChI is InChI=1S/C14H21NO2S2/c16-7-3-8-18-9-6-15-14(17)12-10-19-13-5-2-1-4-11(12)13/h10,16H,1-9H2,(H,15,17). The smallest absolute Gasteiger partial charge is 0.252 e. The summed E-state index contributed by atoms with van der Waals surface area (Å²) >= 11 is 3.51. The van der Waals surface area contributed by atoms with Gasteiger partial charge in [-0.2, -0.15) is 11.8 Å². The van der Waals surface area contributed by atoms with Crippen LogP contribution in [0.1, 0.15) is 40.1 Å². The van der Waals surface area contributed by atoms with Gasteiger partial charge in [0.2, 0.25) is 0 Å². The zero-order valence-electron chi connectivity index (χ0n) is 11.1. The van der Waals surface area contributed by atoms with Gasteiger partial charge in [-0.25, -0.2) is 0 Å². The van der Waals surface area contributed by atoms with Crippen molar-refractivity contribution < 1.29 is 9.90 Å². The van der Waals surface area contributed by atoms with Crippen molar-refractivity contribution in [3.63, 3.8) is 0 Å². The van der Waals surface area contributed by atoms with Gasteiger partial charge in [-0.15, -0.1) is 11.3 Å². The molecule has 1 aliphatic rings. The number of carbonyl (C=O) groups is 1. The van der Waals surface area contributed by atoms with Gasteiger partial charge in [-0.1, -0.05) is 0 Å². The number of rotatable bonds is 7. The molecule has 0 unspecified atom stereocenters. The third kappa shape index (κ3) is 4.23. The van der Waals surface area contributed by atoms with Gasteiger partial charge in [0.1, 0.15) is 0 Å². The van der Waals surface area contributed by atoms with Crippen molar-refractivity contribution in [2.45, 2.75) is 32.1 Å². The zero-order chi connectivity index (χ0) is 13.5. The summed E-state index contributed by atoms with van der Waals surface area (Å²) in [6.45, 7) is 0.958. The second-order valence-corrected chi connectivity index (χ2v) is 6.89. The molecule has 1 aliphatic carbocycles. The predicted molar refractivity (Wildman–Crippen MR) is 82.3 cm³/mol. The number of aryl methyl sites for hydroxylation is 1. The molecule has 106 valence electrons. The Morgan fingerprint density at radius 3 is 3.05 bits per heavy atom. The summed E-state index contributed by atoms with van der Waals surface area (Å²) < 4.78 is 0. The van der Waals surface area contributed by atoms with Gasteiger partial charge in [-0.05, 0) is 43.4 Å². The molecule has 2 N–H and O–H groups in total. The van der Waals surface area contributed by atoms with Crippen molar-refractivity contribution >= 4 is 29.0 Å². The maximum atomic E-state index is 12.1. The lowest BCUT2D eigenvalue weighted by atomic mass is 9.96. The van der Waals surface area contributed by atoms with E-state index in [4.69, 9.17) is 5.11 Å². The summed E-state index contributed by atoms with van der Waals surface area (Å²) in [4.78, 5) is 13.5. The van der Waals surface area contributed by atoms with Crippen LogP contribution >= 0.6 is 23.1 Å². The molecule has 1 aromatic rings. The molecule has 0 saturated heterocycles. The van der Waals surface area contributed by atoms with Crippen molar-refractivity contribution in [3.8, 4) is 0 Å². The van der Waals surface area contributed by atoms with E-state index in [-0.39, 0.29) is 12.5 Å². The quantitative estimate of drug-likeness (QED) is 0.761. The normalized spacial score (nSPS) is 14.2. The molecule has 2 rings (SSSR count). The molecule has 19 heavy (non-hydrogen) atoms. The average Bonchev–Trinajstić information content (AvgIpc) is 2.86. The highest BCUT2D eigenvalue weighted by Crippen LogP contribution is 2.30. The Kier molecular flexibility index (Phi) is 6.20. The molecule has 1 heterocycles. The van der Waals surface area contributed by atoms with Gasteiger partial charge in [0.25, 0.3) is 5.91 Å². The van der Waals surface area contributed by atoms with Gasteiger partial charge in [0, 0.05) is 29.2 Å². The minimum Gasteiger partial charge on any atom is -0.396 e. The monoisotopic (exact) mass is 299 g/mol. The number of aliphatic hydroxyl groups is 1. The number of carbonyl (C=O) groups excluding carboxylic acids is 1. The van der Waals surface area contributed by atoms with Crippen LogP contribution in [0.2, 0.25) is 0 Å². The van der Waals surface area contributed by atoms with E-state index < -0.39 is 0 Å². The zero-order valence-corrected chi connectivity index (χ0v) is 12.7. The molecule has 0 aliphatic heterocycles. The van der Waals surface area contributed by atoms with Gasteiger partial charge in [0.15, 0.2) is 0 Å². The fourth-order valence-electron chi connectivity index (χ4n) is 2.28. The predicted octanol–water partition coefficient (Wildman–Crippen LogP) is 2.47. The maximum absolute atomic E-state index is 12.1. The van der Waals surface area contributed by atoms with E-state index in [0.29, 0.717) is 6.54 Å². The molecule has 5 heteroatoms. The van der Waals surface area contributed by atoms with Crippen LogP contribution in [-0.4, -0.2) is 35.7 Å². The Balaban J connectivity index is 1.75. The molecular weight excluding hydrogens is 278 g/mol. The first-order valence-electron chi connectivity index (χ1n) is 6.89. The number of amides is 1. The molecule has 3 nitrogen and oxygen atoms in total. The SMILES string of the molecule is O=C(NCCSCCCO)c1csc2c1CCCC2. The van der Waals surface area contributed by atoms with Crippen molar-refractivity contribution in [2.24, 2.45) is 0 Å². The number of thioether (sulfide) groups is 1. The van der Waals surface area contributed by atoms with Crippen molar-refractivity contribution in [2.75, 3.05) is 24.7 Å². The lowest BCUT2D eigenvalue weighted by Gasteiger charge is -2.12. The fraction of sp³-hybridized carbons (Fsp3) is 0.643. The first kappa shape index (κ1) is 14.9. The topological polar surface area (TPSA) is 49.3 Å². The lowest BCUT2D eigenvalue weighted by Crippen LogP contribution is -2.26. The van der Waals surface area contributed by atoms with Crippen LogP contribution in [0.5, 0.6) is 0 Å². The number of fused-ring (bicyclic) bond motifs is 1. The molecule has 0 radical (unpaired) electrons.